The summed E-state index contributed by atoms with van der Waals surface area (Å²) in [7, 11) is -4.51. The maximum absolute atomic E-state index is 12.6. The van der Waals surface area contributed by atoms with Gasteiger partial charge in [0.15, 0.2) is 0 Å². The minimum atomic E-state index is -4.51. The molecule has 54 heavy (non-hydrogen) atoms. The molecule has 0 rings (SSSR count). The Hall–Kier alpha value is -0.800. The maximum atomic E-state index is 12.6. The van der Waals surface area contributed by atoms with Crippen LogP contribution in [0.5, 0.6) is 0 Å². The van der Waals surface area contributed by atoms with Gasteiger partial charge in [-0.1, -0.05) is 187 Å². The van der Waals surface area contributed by atoms with Gasteiger partial charge in [0.2, 0.25) is 0 Å². The Balaban J connectivity index is 4.13. The van der Waals surface area contributed by atoms with Gasteiger partial charge in [0, 0.05) is 13.0 Å². The van der Waals surface area contributed by atoms with Crippen LogP contribution in [0.15, 0.2) is 12.2 Å². The summed E-state index contributed by atoms with van der Waals surface area (Å²) in [4.78, 5) is 22.6. The second kappa shape index (κ2) is 41.8. The molecule has 0 aliphatic carbocycles. The lowest BCUT2D eigenvalue weighted by atomic mass is 10.0. The Morgan fingerprint density at radius 2 is 0.944 bits per heavy atom. The molecule has 10 heteroatoms. The average Bonchev–Trinajstić information content (AvgIpc) is 3.16. The van der Waals surface area contributed by atoms with E-state index in [1.54, 1.807) is 0 Å². The molecule has 0 saturated carbocycles. The number of carbonyl (C=O) groups excluding carboxylic acids is 1. The third-order valence-electron chi connectivity index (χ3n) is 9.95. The predicted molar refractivity (Wildman–Crippen MR) is 224 cm³/mol. The summed E-state index contributed by atoms with van der Waals surface area (Å²) in [6.07, 6.45) is 41.6. The number of phosphoric ester groups is 1. The van der Waals surface area contributed by atoms with Crippen molar-refractivity contribution in [3.8, 4) is 0 Å². The van der Waals surface area contributed by atoms with Crippen LogP contribution >= 0.6 is 7.82 Å². The Kier molecular flexibility index (Phi) is 41.2. The lowest BCUT2D eigenvalue weighted by molar-refractivity contribution is -0.154. The van der Waals surface area contributed by atoms with Gasteiger partial charge in [-0.25, -0.2) is 4.57 Å². The van der Waals surface area contributed by atoms with Crippen molar-refractivity contribution in [2.24, 2.45) is 0 Å². The maximum Gasteiger partial charge on any atom is 0.472 e. The molecule has 0 aliphatic rings. The van der Waals surface area contributed by atoms with E-state index in [0.29, 0.717) is 6.61 Å². The number of aliphatic hydroxyl groups is 2. The van der Waals surface area contributed by atoms with Crippen molar-refractivity contribution >= 4 is 13.8 Å². The van der Waals surface area contributed by atoms with Crippen LogP contribution in [0.2, 0.25) is 0 Å². The van der Waals surface area contributed by atoms with Crippen molar-refractivity contribution in [3.63, 3.8) is 0 Å². The zero-order chi connectivity index (χ0) is 39.6. The number of phosphoric acid groups is 1. The first-order valence-electron chi connectivity index (χ1n) is 22.7. The van der Waals surface area contributed by atoms with Crippen molar-refractivity contribution in [1.29, 1.82) is 0 Å². The zero-order valence-corrected chi connectivity index (χ0v) is 36.1. The second-order valence-electron chi connectivity index (χ2n) is 15.4. The van der Waals surface area contributed by atoms with Crippen LogP contribution in [-0.4, -0.2) is 66.3 Å². The SMILES string of the molecule is CCCCCCCCC/C=C\CCCCCCCCOCC(COP(=O)(O)OCC(O)CO)OC(=O)CCCCCCCCCCCCCCCCCC. The second-order valence-corrected chi connectivity index (χ2v) is 16.9. The summed E-state index contributed by atoms with van der Waals surface area (Å²) in [6, 6.07) is 0. The van der Waals surface area contributed by atoms with Crippen LogP contribution in [0.4, 0.5) is 0 Å². The summed E-state index contributed by atoms with van der Waals surface area (Å²) in [5, 5.41) is 18.4. The van der Waals surface area contributed by atoms with Crippen molar-refractivity contribution in [1.82, 2.24) is 0 Å². The molecule has 0 aromatic rings. The third-order valence-corrected chi connectivity index (χ3v) is 10.9. The molecule has 0 spiro atoms. The Morgan fingerprint density at radius 3 is 1.39 bits per heavy atom. The summed E-state index contributed by atoms with van der Waals surface area (Å²) < 4.78 is 33.4. The van der Waals surface area contributed by atoms with Gasteiger partial charge in [0.05, 0.1) is 26.4 Å². The van der Waals surface area contributed by atoms with Gasteiger partial charge in [-0.05, 0) is 38.5 Å². The fourth-order valence-corrected chi connectivity index (χ4v) is 7.26. The van der Waals surface area contributed by atoms with Crippen LogP contribution in [0, 0.1) is 0 Å². The summed E-state index contributed by atoms with van der Waals surface area (Å²) >= 11 is 0. The minimum Gasteiger partial charge on any atom is -0.457 e. The van der Waals surface area contributed by atoms with E-state index in [9.17, 15) is 19.4 Å². The number of esters is 1. The van der Waals surface area contributed by atoms with Gasteiger partial charge < -0.3 is 24.6 Å². The molecule has 0 fully saturated rings. The lowest BCUT2D eigenvalue weighted by Gasteiger charge is -2.20. The quantitative estimate of drug-likeness (QED) is 0.0239. The molecule has 0 radical (unpaired) electrons. The molecule has 0 aliphatic heterocycles. The normalized spacial score (nSPS) is 14.1. The van der Waals surface area contributed by atoms with Crippen LogP contribution in [0.1, 0.15) is 219 Å². The highest BCUT2D eigenvalue weighted by molar-refractivity contribution is 7.47. The van der Waals surface area contributed by atoms with Gasteiger partial charge >= 0.3 is 13.8 Å². The first-order chi connectivity index (χ1) is 26.3. The molecular formula is C44H87O9P. The summed E-state index contributed by atoms with van der Waals surface area (Å²) in [6.45, 7) is 3.55. The first-order valence-corrected chi connectivity index (χ1v) is 24.2. The number of unbranched alkanes of at least 4 members (excludes halogenated alkanes) is 28. The van der Waals surface area contributed by atoms with Crippen LogP contribution in [0.3, 0.4) is 0 Å². The number of hydrogen-bond donors (Lipinski definition) is 3. The van der Waals surface area contributed by atoms with E-state index in [1.807, 2.05) is 0 Å². The molecule has 3 unspecified atom stereocenters. The number of hydrogen-bond acceptors (Lipinski definition) is 8. The molecule has 9 nitrogen and oxygen atoms in total. The largest absolute Gasteiger partial charge is 0.472 e. The Labute approximate surface area is 332 Å². The molecule has 322 valence electrons. The predicted octanol–water partition coefficient (Wildman–Crippen LogP) is 12.5. The van der Waals surface area contributed by atoms with Gasteiger partial charge in [0.1, 0.15) is 12.2 Å². The number of carbonyl (C=O) groups is 1. The van der Waals surface area contributed by atoms with Crippen molar-refractivity contribution in [2.45, 2.75) is 232 Å². The monoisotopic (exact) mass is 791 g/mol. The van der Waals surface area contributed by atoms with E-state index in [-0.39, 0.29) is 25.6 Å². The number of allylic oxidation sites excluding steroid dienone is 2. The fourth-order valence-electron chi connectivity index (χ4n) is 6.47. The Morgan fingerprint density at radius 1 is 0.556 bits per heavy atom. The average molecular weight is 791 g/mol. The summed E-state index contributed by atoms with van der Waals surface area (Å²) in [5.41, 5.74) is 0. The first kappa shape index (κ1) is 53.2. The fraction of sp³-hybridized carbons (Fsp3) is 0.932. The molecule has 3 N–H and O–H groups in total. The van der Waals surface area contributed by atoms with E-state index in [1.165, 1.54) is 154 Å². The van der Waals surface area contributed by atoms with Crippen LogP contribution in [-0.2, 0) is 27.9 Å². The molecule has 0 amide bonds. The van der Waals surface area contributed by atoms with Crippen molar-refractivity contribution in [3.05, 3.63) is 12.2 Å². The summed E-state index contributed by atoms with van der Waals surface area (Å²) in [5.74, 6) is -0.380. The Bertz CT molecular complexity index is 856. The smallest absolute Gasteiger partial charge is 0.457 e. The highest BCUT2D eigenvalue weighted by atomic mass is 31.2. The molecule has 3 atom stereocenters. The van der Waals surface area contributed by atoms with Gasteiger partial charge in [-0.3, -0.25) is 13.8 Å². The lowest BCUT2D eigenvalue weighted by Crippen LogP contribution is -2.29. The molecule has 0 heterocycles. The molecule has 0 bridgehead atoms. The number of rotatable bonds is 44. The number of aliphatic hydroxyl groups excluding tert-OH is 2. The van der Waals surface area contributed by atoms with E-state index in [0.717, 1.165) is 44.9 Å². The van der Waals surface area contributed by atoms with Gasteiger partial charge in [-0.15, -0.1) is 0 Å². The van der Waals surface area contributed by atoms with E-state index in [4.69, 9.17) is 23.6 Å². The van der Waals surface area contributed by atoms with E-state index < -0.39 is 33.2 Å². The molecule has 0 aromatic heterocycles. The zero-order valence-electron chi connectivity index (χ0n) is 35.2. The molecule has 0 aromatic carbocycles. The van der Waals surface area contributed by atoms with Gasteiger partial charge in [0.25, 0.3) is 0 Å². The van der Waals surface area contributed by atoms with Crippen molar-refractivity contribution in [2.75, 3.05) is 33.0 Å². The highest BCUT2D eigenvalue weighted by Crippen LogP contribution is 2.43. The molecular weight excluding hydrogens is 703 g/mol. The molecule has 0 saturated heterocycles. The van der Waals surface area contributed by atoms with Crippen LogP contribution < -0.4 is 0 Å². The number of ether oxygens (including phenoxy) is 2. The van der Waals surface area contributed by atoms with E-state index in [2.05, 4.69) is 26.0 Å². The third kappa shape index (κ3) is 40.9. The topological polar surface area (TPSA) is 132 Å². The van der Waals surface area contributed by atoms with Crippen molar-refractivity contribution < 1.29 is 43.0 Å². The van der Waals surface area contributed by atoms with Crippen LogP contribution in [0.25, 0.3) is 0 Å². The van der Waals surface area contributed by atoms with Gasteiger partial charge in [-0.2, -0.15) is 0 Å². The standard InChI is InChI=1S/C44H87O9P/c1-3-5-7-9-11-13-15-17-19-21-23-25-27-29-31-33-35-37-50-40-43(41-52-54(48,49)51-39-42(46)38-45)53-44(47)36-34-32-30-28-26-24-22-20-18-16-14-12-10-8-6-4-2/h19,21,42-43,45-46H,3-18,20,22-41H2,1-2H3,(H,48,49)/b21-19-. The van der Waals surface area contributed by atoms with E-state index >= 15 is 0 Å². The minimum absolute atomic E-state index is 0.0507. The highest BCUT2D eigenvalue weighted by Gasteiger charge is 2.26.